The van der Waals surface area contributed by atoms with E-state index in [1.165, 1.54) is 0 Å². The molecule has 0 radical (unpaired) electrons. The van der Waals surface area contributed by atoms with Gasteiger partial charge in [0, 0.05) is 29.9 Å². The van der Waals surface area contributed by atoms with Crippen molar-refractivity contribution in [3.63, 3.8) is 0 Å². The highest BCUT2D eigenvalue weighted by Crippen LogP contribution is 2.26. The number of benzene rings is 1. The van der Waals surface area contributed by atoms with Crippen LogP contribution in [0.4, 0.5) is 0 Å². The minimum atomic E-state index is -0.494. The monoisotopic (exact) mass is 423 g/mol. The highest BCUT2D eigenvalue weighted by Gasteiger charge is 2.30. The van der Waals surface area contributed by atoms with E-state index in [0.717, 1.165) is 11.3 Å². The number of hydrogen-bond acceptors (Lipinski definition) is 8. The number of aromatic nitrogens is 4. The molecule has 2 aromatic heterocycles. The lowest BCUT2D eigenvalue weighted by molar-refractivity contribution is -0.0367. The second-order valence-corrected chi connectivity index (χ2v) is 8.34. The van der Waals surface area contributed by atoms with Gasteiger partial charge in [0.25, 0.3) is 11.8 Å². The SMILES string of the molecule is COc1ccc(-c2noc([C@H]3CN(C(=O)c4cnc(C(C)(C)C)nc4)CCO3)n2)cc1. The van der Waals surface area contributed by atoms with E-state index >= 15 is 0 Å². The summed E-state index contributed by atoms with van der Waals surface area (Å²) in [5.41, 5.74) is 1.07. The molecule has 162 valence electrons. The highest BCUT2D eigenvalue weighted by molar-refractivity contribution is 5.93. The van der Waals surface area contributed by atoms with E-state index in [9.17, 15) is 4.79 Å². The second kappa shape index (κ2) is 8.43. The maximum Gasteiger partial charge on any atom is 0.257 e. The molecular weight excluding hydrogens is 398 g/mol. The van der Waals surface area contributed by atoms with Crippen LogP contribution in [0.1, 0.15) is 48.9 Å². The Bertz CT molecular complexity index is 1040. The van der Waals surface area contributed by atoms with Crippen LogP contribution in [0.5, 0.6) is 5.75 Å². The average molecular weight is 423 g/mol. The summed E-state index contributed by atoms with van der Waals surface area (Å²) >= 11 is 0. The van der Waals surface area contributed by atoms with Gasteiger partial charge < -0.3 is 18.9 Å². The Hall–Kier alpha value is -3.33. The van der Waals surface area contributed by atoms with Crippen LogP contribution in [0.15, 0.2) is 41.2 Å². The lowest BCUT2D eigenvalue weighted by Crippen LogP contribution is -2.42. The Morgan fingerprint density at radius 2 is 1.87 bits per heavy atom. The van der Waals surface area contributed by atoms with Crippen molar-refractivity contribution in [3.8, 4) is 17.1 Å². The van der Waals surface area contributed by atoms with Gasteiger partial charge in [-0.15, -0.1) is 0 Å². The van der Waals surface area contributed by atoms with Crippen LogP contribution < -0.4 is 4.74 Å². The van der Waals surface area contributed by atoms with Gasteiger partial charge in [-0.3, -0.25) is 4.79 Å². The van der Waals surface area contributed by atoms with Crippen molar-refractivity contribution in [2.75, 3.05) is 26.8 Å². The molecule has 1 aromatic carbocycles. The zero-order valence-corrected chi connectivity index (χ0v) is 18.0. The van der Waals surface area contributed by atoms with Crippen LogP contribution in [-0.2, 0) is 10.2 Å². The molecule has 4 rings (SSSR count). The van der Waals surface area contributed by atoms with Crippen LogP contribution in [0.25, 0.3) is 11.4 Å². The van der Waals surface area contributed by atoms with Gasteiger partial charge in [0.2, 0.25) is 5.82 Å². The van der Waals surface area contributed by atoms with Crippen molar-refractivity contribution < 1.29 is 18.8 Å². The molecule has 3 heterocycles. The third kappa shape index (κ3) is 4.56. The first-order valence-electron chi connectivity index (χ1n) is 10.1. The predicted octanol–water partition coefficient (Wildman–Crippen LogP) is 3.05. The lowest BCUT2D eigenvalue weighted by atomic mass is 9.96. The summed E-state index contributed by atoms with van der Waals surface area (Å²) in [6.45, 7) is 7.24. The predicted molar refractivity (Wildman–Crippen MR) is 112 cm³/mol. The molecule has 0 N–H and O–H groups in total. The maximum absolute atomic E-state index is 12.9. The second-order valence-electron chi connectivity index (χ2n) is 8.34. The normalized spacial score (nSPS) is 16.9. The van der Waals surface area contributed by atoms with E-state index in [-0.39, 0.29) is 11.3 Å². The number of amides is 1. The summed E-state index contributed by atoms with van der Waals surface area (Å²) in [6, 6.07) is 7.37. The zero-order valence-electron chi connectivity index (χ0n) is 18.0. The molecule has 0 bridgehead atoms. The fourth-order valence-electron chi connectivity index (χ4n) is 3.21. The third-order valence-corrected chi connectivity index (χ3v) is 4.99. The minimum absolute atomic E-state index is 0.149. The quantitative estimate of drug-likeness (QED) is 0.631. The summed E-state index contributed by atoms with van der Waals surface area (Å²) in [7, 11) is 1.61. The lowest BCUT2D eigenvalue weighted by Gasteiger charge is -2.31. The molecule has 1 atom stereocenters. The molecule has 3 aromatic rings. The molecule has 9 heteroatoms. The van der Waals surface area contributed by atoms with Gasteiger partial charge in [0.1, 0.15) is 11.6 Å². The Labute approximate surface area is 180 Å². The van der Waals surface area contributed by atoms with Crippen LogP contribution in [0.3, 0.4) is 0 Å². The number of rotatable bonds is 4. The summed E-state index contributed by atoms with van der Waals surface area (Å²) in [5, 5.41) is 4.05. The third-order valence-electron chi connectivity index (χ3n) is 4.99. The van der Waals surface area contributed by atoms with E-state index in [1.807, 2.05) is 45.0 Å². The van der Waals surface area contributed by atoms with Crippen LogP contribution in [0, 0.1) is 0 Å². The van der Waals surface area contributed by atoms with Crippen molar-refractivity contribution >= 4 is 5.91 Å². The highest BCUT2D eigenvalue weighted by atomic mass is 16.5. The molecule has 1 fully saturated rings. The van der Waals surface area contributed by atoms with Gasteiger partial charge in [-0.25, -0.2) is 9.97 Å². The number of morpholine rings is 1. The minimum Gasteiger partial charge on any atom is -0.497 e. The van der Waals surface area contributed by atoms with Gasteiger partial charge >= 0.3 is 0 Å². The number of ether oxygens (including phenoxy) is 2. The van der Waals surface area contributed by atoms with Crippen molar-refractivity contribution in [3.05, 3.63) is 53.9 Å². The summed E-state index contributed by atoms with van der Waals surface area (Å²) < 4.78 is 16.4. The Morgan fingerprint density at radius 1 is 1.16 bits per heavy atom. The zero-order chi connectivity index (χ0) is 22.0. The summed E-state index contributed by atoms with van der Waals surface area (Å²) in [4.78, 5) is 27.8. The molecular formula is C22H25N5O4. The largest absolute Gasteiger partial charge is 0.497 e. The van der Waals surface area contributed by atoms with Crippen LogP contribution in [0.2, 0.25) is 0 Å². The van der Waals surface area contributed by atoms with E-state index in [1.54, 1.807) is 24.4 Å². The fourth-order valence-corrected chi connectivity index (χ4v) is 3.21. The number of carbonyl (C=O) groups is 1. The smallest absolute Gasteiger partial charge is 0.257 e. The van der Waals surface area contributed by atoms with Gasteiger partial charge in [0.15, 0.2) is 6.10 Å². The topological polar surface area (TPSA) is 103 Å². The Kier molecular flexibility index (Phi) is 5.69. The first-order valence-corrected chi connectivity index (χ1v) is 10.1. The Morgan fingerprint density at radius 3 is 2.52 bits per heavy atom. The molecule has 0 spiro atoms. The van der Waals surface area contributed by atoms with Crippen molar-refractivity contribution in [1.82, 2.24) is 25.0 Å². The van der Waals surface area contributed by atoms with Crippen molar-refractivity contribution in [1.29, 1.82) is 0 Å². The average Bonchev–Trinajstić information content (AvgIpc) is 3.29. The van der Waals surface area contributed by atoms with Crippen molar-refractivity contribution in [2.24, 2.45) is 0 Å². The molecule has 0 aliphatic carbocycles. The first-order chi connectivity index (χ1) is 14.8. The van der Waals surface area contributed by atoms with E-state index in [0.29, 0.717) is 42.8 Å². The number of hydrogen-bond donors (Lipinski definition) is 0. The van der Waals surface area contributed by atoms with E-state index < -0.39 is 6.10 Å². The molecule has 1 aliphatic rings. The number of carbonyl (C=O) groups excluding carboxylic acids is 1. The van der Waals surface area contributed by atoms with Gasteiger partial charge in [-0.05, 0) is 24.3 Å². The number of nitrogens with zero attached hydrogens (tertiary/aromatic N) is 5. The number of methoxy groups -OCH3 is 1. The Balaban J connectivity index is 1.46. The molecule has 0 unspecified atom stereocenters. The van der Waals surface area contributed by atoms with Gasteiger partial charge in [0.05, 0.1) is 25.8 Å². The molecule has 9 nitrogen and oxygen atoms in total. The summed E-state index contributed by atoms with van der Waals surface area (Å²) in [5.74, 6) is 2.08. The van der Waals surface area contributed by atoms with Crippen LogP contribution in [-0.4, -0.2) is 57.7 Å². The summed E-state index contributed by atoms with van der Waals surface area (Å²) in [6.07, 6.45) is 2.66. The maximum atomic E-state index is 12.9. The fraction of sp³-hybridized carbons (Fsp3) is 0.409. The molecule has 1 saturated heterocycles. The van der Waals surface area contributed by atoms with Crippen LogP contribution >= 0.6 is 0 Å². The van der Waals surface area contributed by atoms with E-state index in [4.69, 9.17) is 14.0 Å². The van der Waals surface area contributed by atoms with Gasteiger partial charge in [-0.1, -0.05) is 25.9 Å². The molecule has 1 amide bonds. The molecule has 31 heavy (non-hydrogen) atoms. The molecule has 0 saturated carbocycles. The molecule has 1 aliphatic heterocycles. The first kappa shape index (κ1) is 20.9. The van der Waals surface area contributed by atoms with Gasteiger partial charge in [-0.2, -0.15) is 4.98 Å². The van der Waals surface area contributed by atoms with E-state index in [2.05, 4.69) is 20.1 Å². The van der Waals surface area contributed by atoms with Crippen molar-refractivity contribution in [2.45, 2.75) is 32.3 Å². The standard InChI is InChI=1S/C22H25N5O4/c1-22(2,3)21-23-11-15(12-24-21)20(28)27-9-10-30-17(13-27)19-25-18(26-31-19)14-5-7-16(29-4)8-6-14/h5-8,11-12,17H,9-10,13H2,1-4H3/t17-/m1/s1.